The van der Waals surface area contributed by atoms with Crippen LogP contribution in [-0.4, -0.2) is 84.6 Å². The zero-order valence-electron chi connectivity index (χ0n) is 26.0. The molecule has 0 bridgehead atoms. The topological polar surface area (TPSA) is 85.8 Å². The predicted octanol–water partition coefficient (Wildman–Crippen LogP) is 7.03. The summed E-state index contributed by atoms with van der Waals surface area (Å²) in [7, 11) is -3.66. The van der Waals surface area contributed by atoms with E-state index in [0.717, 1.165) is 30.5 Å². The normalized spacial score (nSPS) is 21.1. The minimum Gasteiger partial charge on any atom is -0.493 e. The Bertz CT molecular complexity index is 1780. The molecule has 3 aromatic carbocycles. The van der Waals surface area contributed by atoms with Crippen LogP contribution in [0.3, 0.4) is 0 Å². The van der Waals surface area contributed by atoms with Crippen molar-refractivity contribution in [3.05, 3.63) is 99.0 Å². The first kappa shape index (κ1) is 34.5. The summed E-state index contributed by atoms with van der Waals surface area (Å²) in [6.45, 7) is 3.10. The number of amidine groups is 1. The zero-order chi connectivity index (χ0) is 34.2. The number of amides is 2. The number of hydrogen-bond acceptors (Lipinski definition) is 5. The molecular weight excluding hydrogens is 690 g/mol. The summed E-state index contributed by atoms with van der Waals surface area (Å²) in [5.74, 6) is 0.0567. The van der Waals surface area contributed by atoms with E-state index < -0.39 is 40.1 Å². The fourth-order valence-corrected chi connectivity index (χ4v) is 8.28. The molecule has 0 aliphatic carbocycles. The Hall–Kier alpha value is -3.36. The van der Waals surface area contributed by atoms with E-state index in [9.17, 15) is 26.4 Å². The van der Waals surface area contributed by atoms with Crippen LogP contribution in [0.4, 0.5) is 18.0 Å². The number of ether oxygens (including phenoxy) is 1. The maximum absolute atomic E-state index is 14.7. The smallest absolute Gasteiger partial charge is 0.416 e. The van der Waals surface area contributed by atoms with Crippen molar-refractivity contribution in [3.8, 4) is 5.75 Å². The molecule has 0 saturated carbocycles. The molecule has 2 amide bonds. The summed E-state index contributed by atoms with van der Waals surface area (Å²) in [6, 6.07) is 15.2. The lowest BCUT2D eigenvalue weighted by Gasteiger charge is -2.39. The van der Waals surface area contributed by atoms with Gasteiger partial charge in [0.2, 0.25) is 0 Å². The monoisotopic (exact) mass is 723 g/mol. The molecule has 256 valence electrons. The number of urea groups is 1. The second kappa shape index (κ2) is 13.9. The van der Waals surface area contributed by atoms with Crippen molar-refractivity contribution in [3.63, 3.8) is 0 Å². The first-order chi connectivity index (χ1) is 22.9. The van der Waals surface area contributed by atoms with E-state index in [1.165, 1.54) is 19.6 Å². The fraction of sp³-hybridized carbons (Fsp3) is 0.394. The highest BCUT2D eigenvalue weighted by atomic mass is 35.5. The van der Waals surface area contributed by atoms with Crippen molar-refractivity contribution in [2.45, 2.75) is 38.0 Å². The van der Waals surface area contributed by atoms with Gasteiger partial charge >= 0.3 is 12.2 Å². The van der Waals surface area contributed by atoms with Gasteiger partial charge in [0.15, 0.2) is 0 Å². The first-order valence-electron chi connectivity index (χ1n) is 15.6. The number of alkyl halides is 3. The first-order valence-corrected chi connectivity index (χ1v) is 17.8. The lowest BCUT2D eigenvalue weighted by Crippen LogP contribution is -2.56. The molecule has 0 spiro atoms. The van der Waals surface area contributed by atoms with Crippen LogP contribution in [0.2, 0.25) is 10.0 Å². The molecule has 0 N–H and O–H groups in total. The molecular formula is C33H34Cl2F3N5O4S. The third kappa shape index (κ3) is 6.88. The molecule has 9 nitrogen and oxygen atoms in total. The van der Waals surface area contributed by atoms with Gasteiger partial charge in [0.05, 0.1) is 23.8 Å². The van der Waals surface area contributed by atoms with Crippen LogP contribution in [0.25, 0.3) is 0 Å². The van der Waals surface area contributed by atoms with Crippen LogP contribution >= 0.6 is 23.2 Å². The highest BCUT2D eigenvalue weighted by Gasteiger charge is 2.46. The van der Waals surface area contributed by atoms with E-state index in [-0.39, 0.29) is 49.9 Å². The number of carbonyl (C=O) groups is 1. The Morgan fingerprint density at radius 3 is 1.98 bits per heavy atom. The Kier molecular flexibility index (Phi) is 9.97. The zero-order valence-corrected chi connectivity index (χ0v) is 28.4. The number of hydrogen-bond donors (Lipinski definition) is 0. The molecule has 0 aromatic heterocycles. The molecule has 15 heteroatoms. The molecule has 3 aromatic rings. The van der Waals surface area contributed by atoms with Gasteiger partial charge in [-0.25, -0.2) is 4.79 Å². The summed E-state index contributed by atoms with van der Waals surface area (Å²) in [4.78, 5) is 22.8. The number of nitrogens with zero attached hydrogens (tertiary/aromatic N) is 5. The predicted molar refractivity (Wildman–Crippen MR) is 178 cm³/mol. The number of piperazine rings is 1. The van der Waals surface area contributed by atoms with E-state index in [4.69, 9.17) is 32.9 Å². The van der Waals surface area contributed by atoms with Crippen molar-refractivity contribution < 1.29 is 31.1 Å². The van der Waals surface area contributed by atoms with Crippen LogP contribution in [0.1, 0.15) is 54.1 Å². The van der Waals surface area contributed by atoms with Crippen molar-refractivity contribution in [2.75, 3.05) is 45.9 Å². The summed E-state index contributed by atoms with van der Waals surface area (Å²) < 4.78 is 76.4. The van der Waals surface area contributed by atoms with Crippen molar-refractivity contribution in [1.29, 1.82) is 0 Å². The van der Waals surface area contributed by atoms with E-state index in [1.807, 2.05) is 0 Å². The Labute approximate surface area is 287 Å². The molecule has 48 heavy (non-hydrogen) atoms. The summed E-state index contributed by atoms with van der Waals surface area (Å²) in [5, 5.41) is 0.982. The van der Waals surface area contributed by atoms with Crippen molar-refractivity contribution in [2.24, 2.45) is 4.99 Å². The van der Waals surface area contributed by atoms with Crippen LogP contribution in [0, 0.1) is 0 Å². The van der Waals surface area contributed by atoms with E-state index in [0.29, 0.717) is 28.7 Å². The summed E-state index contributed by atoms with van der Waals surface area (Å²) in [6.07, 6.45) is -3.00. The molecule has 0 radical (unpaired) electrons. The molecule has 2 fully saturated rings. The van der Waals surface area contributed by atoms with Gasteiger partial charge in [0.25, 0.3) is 10.2 Å². The number of rotatable bonds is 7. The number of halogens is 5. The van der Waals surface area contributed by atoms with E-state index in [2.05, 4.69) is 0 Å². The Morgan fingerprint density at radius 1 is 0.854 bits per heavy atom. The van der Waals surface area contributed by atoms with Crippen molar-refractivity contribution in [1.82, 2.24) is 18.4 Å². The van der Waals surface area contributed by atoms with E-state index >= 15 is 0 Å². The SMILES string of the molecule is CCOc1cc(C(F)(F)F)ccc1C1=NC(c2ccc(Cl)cc2)C(c2ccc(Cl)cc2)N1C(=O)N1CCN(S(=O)(=O)N2CCCC2)CC1. The maximum Gasteiger partial charge on any atom is 0.416 e. The highest BCUT2D eigenvalue weighted by Crippen LogP contribution is 2.46. The average molecular weight is 725 g/mol. The van der Waals surface area contributed by atoms with Gasteiger partial charge in [-0.3, -0.25) is 9.89 Å². The van der Waals surface area contributed by atoms with Crippen LogP contribution in [0.5, 0.6) is 5.75 Å². The van der Waals surface area contributed by atoms with Gasteiger partial charge in [0, 0.05) is 49.3 Å². The van der Waals surface area contributed by atoms with E-state index in [1.54, 1.807) is 60.4 Å². The molecule has 3 aliphatic heterocycles. The second-order valence-electron chi connectivity index (χ2n) is 11.7. The molecule has 3 aliphatic rings. The molecule has 3 heterocycles. The lowest BCUT2D eigenvalue weighted by molar-refractivity contribution is -0.137. The quantitative estimate of drug-likeness (QED) is 0.262. The van der Waals surface area contributed by atoms with Gasteiger partial charge in [-0.15, -0.1) is 0 Å². The summed E-state index contributed by atoms with van der Waals surface area (Å²) in [5.41, 5.74) is 0.721. The third-order valence-corrected chi connectivity index (χ3v) is 11.3. The van der Waals surface area contributed by atoms with Crippen LogP contribution in [0.15, 0.2) is 71.7 Å². The Morgan fingerprint density at radius 2 is 1.42 bits per heavy atom. The highest BCUT2D eigenvalue weighted by molar-refractivity contribution is 7.86. The number of carbonyl (C=O) groups excluding carboxylic acids is 1. The minimum absolute atomic E-state index is 0.0722. The van der Waals surface area contributed by atoms with Gasteiger partial charge in [-0.1, -0.05) is 47.5 Å². The molecule has 6 rings (SSSR count). The minimum atomic E-state index is -4.62. The maximum atomic E-state index is 14.7. The Balaban J connectivity index is 1.43. The van der Waals surface area contributed by atoms with Gasteiger partial charge in [-0.05, 0) is 73.4 Å². The largest absolute Gasteiger partial charge is 0.493 e. The molecule has 2 unspecified atom stereocenters. The lowest BCUT2D eigenvalue weighted by atomic mass is 9.93. The van der Waals surface area contributed by atoms with Gasteiger partial charge in [-0.2, -0.15) is 30.2 Å². The number of aliphatic imine (C=N–C) groups is 1. The van der Waals surface area contributed by atoms with Crippen LogP contribution < -0.4 is 4.74 Å². The second-order valence-corrected chi connectivity index (χ2v) is 14.5. The van der Waals surface area contributed by atoms with Crippen LogP contribution in [-0.2, 0) is 16.4 Å². The van der Waals surface area contributed by atoms with Gasteiger partial charge in [0.1, 0.15) is 17.6 Å². The average Bonchev–Trinajstić information content (AvgIpc) is 3.75. The third-order valence-electron chi connectivity index (χ3n) is 8.77. The van der Waals surface area contributed by atoms with Crippen molar-refractivity contribution >= 4 is 45.3 Å². The molecule has 2 atom stereocenters. The number of benzene rings is 3. The van der Waals surface area contributed by atoms with Gasteiger partial charge < -0.3 is 9.64 Å². The summed E-state index contributed by atoms with van der Waals surface area (Å²) >= 11 is 12.4. The fourth-order valence-electron chi connectivity index (χ4n) is 6.36. The molecule has 2 saturated heterocycles. The standard InChI is InChI=1S/C33H34Cl2F3N5O4S/c1-2-47-28-21-24(33(36,37)38)9-14-27(28)31-39-29(22-5-10-25(34)11-6-22)30(23-7-12-26(35)13-8-23)43(31)32(44)40-17-19-42(20-18-40)48(45,46)41-15-3-4-16-41/h5-14,21,29-30H,2-4,15-20H2,1H3.